The van der Waals surface area contributed by atoms with Crippen LogP contribution in [0, 0.1) is 11.3 Å². The first-order valence-electron chi connectivity index (χ1n) is 10.7. The van der Waals surface area contributed by atoms with Gasteiger partial charge in [-0.3, -0.25) is 14.5 Å². The molecule has 0 saturated carbocycles. The normalized spacial score (nSPS) is 20.4. The number of hydrogen-bond acceptors (Lipinski definition) is 5. The lowest BCUT2D eigenvalue weighted by Gasteiger charge is -2.23. The van der Waals surface area contributed by atoms with Gasteiger partial charge in [0.25, 0.3) is 5.91 Å². The summed E-state index contributed by atoms with van der Waals surface area (Å²) in [6.45, 7) is 0.664. The summed E-state index contributed by atoms with van der Waals surface area (Å²) in [6.07, 6.45) is 0.00428. The highest BCUT2D eigenvalue weighted by Gasteiger charge is 2.50. The highest BCUT2D eigenvalue weighted by Crippen LogP contribution is 2.37. The smallest absolute Gasteiger partial charge is 0.319 e. The van der Waals surface area contributed by atoms with Gasteiger partial charge in [0.15, 0.2) is 0 Å². The Hall–Kier alpha value is -3.39. The molecule has 7 nitrogen and oxygen atoms in total. The summed E-state index contributed by atoms with van der Waals surface area (Å²) in [4.78, 5) is 40.0. The highest BCUT2D eigenvalue weighted by molar-refractivity contribution is 7.16. The standard InChI is InChI=1S/C23H21F3N4O3S/c1-22(13-6-5-7-14(10-13)23(24,25)26)20(32)30(21(33)29-22)12-18(31)28-19-16(11-27)15-8-3-2-4-9-17(15)34-19/h5-7,10H,2-4,8-9,12H2,1H3,(H,28,31)(H,29,33). The Balaban J connectivity index is 1.52. The molecule has 34 heavy (non-hydrogen) atoms. The number of nitrogens with zero attached hydrogens (tertiary/aromatic N) is 2. The van der Waals surface area contributed by atoms with Gasteiger partial charge in [-0.2, -0.15) is 18.4 Å². The van der Waals surface area contributed by atoms with E-state index in [2.05, 4.69) is 16.7 Å². The Morgan fingerprint density at radius 1 is 1.26 bits per heavy atom. The van der Waals surface area contributed by atoms with Crippen LogP contribution in [-0.2, 0) is 34.1 Å². The largest absolute Gasteiger partial charge is 0.416 e. The summed E-state index contributed by atoms with van der Waals surface area (Å²) < 4.78 is 39.4. The second-order valence-corrected chi connectivity index (χ2v) is 9.56. The molecule has 0 bridgehead atoms. The topological polar surface area (TPSA) is 102 Å². The zero-order chi connectivity index (χ0) is 24.7. The monoisotopic (exact) mass is 490 g/mol. The summed E-state index contributed by atoms with van der Waals surface area (Å²) in [5, 5.41) is 15.0. The Bertz CT molecular complexity index is 1220. The summed E-state index contributed by atoms with van der Waals surface area (Å²) in [7, 11) is 0. The van der Waals surface area contributed by atoms with Gasteiger partial charge in [0.05, 0.1) is 11.1 Å². The van der Waals surface area contributed by atoms with Crippen LogP contribution in [0.1, 0.15) is 53.3 Å². The van der Waals surface area contributed by atoms with Gasteiger partial charge in [0.1, 0.15) is 23.2 Å². The van der Waals surface area contributed by atoms with Crippen molar-refractivity contribution in [3.8, 4) is 6.07 Å². The third-order valence-electron chi connectivity index (χ3n) is 6.13. The van der Waals surface area contributed by atoms with E-state index in [1.807, 2.05) is 0 Å². The van der Waals surface area contributed by atoms with Crippen molar-refractivity contribution < 1.29 is 27.6 Å². The van der Waals surface area contributed by atoms with Gasteiger partial charge in [-0.15, -0.1) is 11.3 Å². The van der Waals surface area contributed by atoms with Crippen molar-refractivity contribution in [2.24, 2.45) is 0 Å². The molecule has 0 radical (unpaired) electrons. The summed E-state index contributed by atoms with van der Waals surface area (Å²) in [5.41, 5.74) is -1.41. The molecular formula is C23H21F3N4O3S. The highest BCUT2D eigenvalue weighted by atomic mass is 32.1. The van der Waals surface area contributed by atoms with Crippen LogP contribution in [0.4, 0.5) is 23.0 Å². The van der Waals surface area contributed by atoms with Crippen LogP contribution < -0.4 is 10.6 Å². The lowest BCUT2D eigenvalue weighted by atomic mass is 9.90. The molecule has 0 spiro atoms. The lowest BCUT2D eigenvalue weighted by molar-refractivity contribution is -0.138. The zero-order valence-corrected chi connectivity index (χ0v) is 19.0. The molecule has 4 amide bonds. The maximum absolute atomic E-state index is 13.1. The van der Waals surface area contributed by atoms with Crippen molar-refractivity contribution in [2.75, 3.05) is 11.9 Å². The number of imide groups is 1. The van der Waals surface area contributed by atoms with Crippen molar-refractivity contribution in [3.05, 3.63) is 51.4 Å². The number of anilines is 1. The minimum absolute atomic E-state index is 0.0441. The second kappa shape index (κ2) is 8.76. The fourth-order valence-electron chi connectivity index (χ4n) is 4.30. The van der Waals surface area contributed by atoms with Gasteiger partial charge in [-0.25, -0.2) is 4.79 Å². The molecule has 1 saturated heterocycles. The number of nitrogens with one attached hydrogen (secondary N) is 2. The number of aryl methyl sites for hydroxylation is 1. The number of benzene rings is 1. The number of rotatable bonds is 4. The molecule has 2 N–H and O–H groups in total. The molecule has 1 fully saturated rings. The van der Waals surface area contributed by atoms with Crippen LogP contribution in [0.3, 0.4) is 0 Å². The van der Waals surface area contributed by atoms with Crippen LogP contribution in [0.15, 0.2) is 24.3 Å². The summed E-state index contributed by atoms with van der Waals surface area (Å²) in [5.74, 6) is -1.51. The van der Waals surface area contributed by atoms with E-state index in [4.69, 9.17) is 0 Å². The minimum atomic E-state index is -4.62. The van der Waals surface area contributed by atoms with Crippen molar-refractivity contribution in [1.29, 1.82) is 5.26 Å². The molecule has 1 unspecified atom stereocenters. The zero-order valence-electron chi connectivity index (χ0n) is 18.2. The number of urea groups is 1. The molecule has 2 heterocycles. The number of nitriles is 1. The minimum Gasteiger partial charge on any atom is -0.319 e. The SMILES string of the molecule is CC1(c2cccc(C(F)(F)F)c2)NC(=O)N(CC(=O)Nc2sc3c(c2C#N)CCCCC3)C1=O. The number of halogens is 3. The molecule has 178 valence electrons. The molecule has 2 aromatic rings. The molecule has 1 aromatic heterocycles. The quantitative estimate of drug-likeness (QED) is 0.492. The van der Waals surface area contributed by atoms with Crippen LogP contribution in [-0.4, -0.2) is 29.3 Å². The molecule has 11 heteroatoms. The number of fused-ring (bicyclic) bond motifs is 1. The maximum atomic E-state index is 13.1. The molecule has 1 atom stereocenters. The van der Waals surface area contributed by atoms with Crippen LogP contribution in [0.25, 0.3) is 0 Å². The van der Waals surface area contributed by atoms with Crippen LogP contribution >= 0.6 is 11.3 Å². The van der Waals surface area contributed by atoms with Crippen LogP contribution in [0.2, 0.25) is 0 Å². The predicted molar refractivity (Wildman–Crippen MR) is 118 cm³/mol. The molecule has 1 aromatic carbocycles. The van der Waals surface area contributed by atoms with Gasteiger partial charge in [0, 0.05) is 4.88 Å². The van der Waals surface area contributed by atoms with E-state index < -0.39 is 41.7 Å². The molecule has 1 aliphatic heterocycles. The Kier molecular flexibility index (Phi) is 6.12. The number of carbonyl (C=O) groups excluding carboxylic acids is 3. The van der Waals surface area contributed by atoms with Gasteiger partial charge in [-0.05, 0) is 55.9 Å². The van der Waals surface area contributed by atoms with Gasteiger partial charge < -0.3 is 10.6 Å². The first-order valence-corrected chi connectivity index (χ1v) is 11.5. The number of thiophene rings is 1. The first-order chi connectivity index (χ1) is 16.0. The van der Waals surface area contributed by atoms with Crippen molar-refractivity contribution >= 4 is 34.2 Å². The first kappa shape index (κ1) is 23.8. The second-order valence-electron chi connectivity index (χ2n) is 8.45. The third-order valence-corrected chi connectivity index (χ3v) is 7.34. The molecule has 2 aliphatic rings. The van der Waals surface area contributed by atoms with Gasteiger partial charge in [-0.1, -0.05) is 18.6 Å². The summed E-state index contributed by atoms with van der Waals surface area (Å²) >= 11 is 1.32. The van der Waals surface area contributed by atoms with Crippen LogP contribution in [0.5, 0.6) is 0 Å². The van der Waals surface area contributed by atoms with E-state index in [-0.39, 0.29) is 5.56 Å². The van der Waals surface area contributed by atoms with Gasteiger partial charge in [0.2, 0.25) is 5.91 Å². The van der Waals surface area contributed by atoms with E-state index in [0.717, 1.165) is 60.7 Å². The van der Waals surface area contributed by atoms with E-state index in [1.165, 1.54) is 24.3 Å². The van der Waals surface area contributed by atoms with E-state index in [0.29, 0.717) is 15.5 Å². The Labute approximate surface area is 197 Å². The lowest BCUT2D eigenvalue weighted by Crippen LogP contribution is -2.42. The molecular weight excluding hydrogens is 469 g/mol. The van der Waals surface area contributed by atoms with Crippen molar-refractivity contribution in [2.45, 2.75) is 50.7 Å². The average Bonchev–Trinajstić information content (AvgIpc) is 3.08. The predicted octanol–water partition coefficient (Wildman–Crippen LogP) is 4.31. The number of hydrogen-bond donors (Lipinski definition) is 2. The Morgan fingerprint density at radius 3 is 2.71 bits per heavy atom. The Morgan fingerprint density at radius 2 is 2.00 bits per heavy atom. The number of carbonyl (C=O) groups is 3. The molecule has 4 rings (SSSR count). The number of alkyl halides is 3. The van der Waals surface area contributed by atoms with E-state index in [1.54, 1.807) is 0 Å². The fourth-order valence-corrected chi connectivity index (χ4v) is 5.56. The third kappa shape index (κ3) is 4.25. The van der Waals surface area contributed by atoms with Crippen molar-refractivity contribution in [3.63, 3.8) is 0 Å². The summed E-state index contributed by atoms with van der Waals surface area (Å²) in [6, 6.07) is 5.40. The van der Waals surface area contributed by atoms with Gasteiger partial charge >= 0.3 is 12.2 Å². The fraction of sp³-hybridized carbons (Fsp3) is 0.391. The van der Waals surface area contributed by atoms with E-state index in [9.17, 15) is 32.8 Å². The molecule has 1 aliphatic carbocycles. The van der Waals surface area contributed by atoms with Crippen molar-refractivity contribution in [1.82, 2.24) is 10.2 Å². The number of amides is 4. The maximum Gasteiger partial charge on any atom is 0.416 e. The average molecular weight is 491 g/mol. The van der Waals surface area contributed by atoms with E-state index >= 15 is 0 Å².